The summed E-state index contributed by atoms with van der Waals surface area (Å²) in [6.45, 7) is 2.10. The van der Waals surface area contributed by atoms with Gasteiger partial charge in [-0.05, 0) is 73.1 Å². The minimum Gasteiger partial charge on any atom is -0.368 e. The van der Waals surface area contributed by atoms with E-state index in [1.54, 1.807) is 0 Å². The minimum atomic E-state index is -4.25. The number of rotatable bonds is 2. The molecule has 2 saturated carbocycles. The SMILES string of the molecule is C[C@]12CCC3c4cc(F)c(OS(N)(=O)=O)cc4CCC3C1CCC2=O. The van der Waals surface area contributed by atoms with E-state index in [9.17, 15) is 17.6 Å². The third-order valence-electron chi connectivity index (χ3n) is 6.69. The van der Waals surface area contributed by atoms with E-state index in [1.165, 1.54) is 12.1 Å². The zero-order chi connectivity index (χ0) is 18.0. The number of hydrogen-bond donors (Lipinski definition) is 1. The predicted octanol–water partition coefficient (Wildman–Crippen LogP) is 2.83. The Kier molecular flexibility index (Phi) is 3.74. The summed E-state index contributed by atoms with van der Waals surface area (Å²) in [4.78, 5) is 12.3. The van der Waals surface area contributed by atoms with Gasteiger partial charge in [-0.2, -0.15) is 13.6 Å². The van der Waals surface area contributed by atoms with Crippen molar-refractivity contribution in [2.24, 2.45) is 22.4 Å². The number of benzene rings is 1. The molecular weight excluding hydrogens is 345 g/mol. The van der Waals surface area contributed by atoms with E-state index in [4.69, 9.17) is 5.14 Å². The lowest BCUT2D eigenvalue weighted by molar-refractivity contribution is -0.129. The van der Waals surface area contributed by atoms with Gasteiger partial charge in [-0.1, -0.05) is 6.92 Å². The number of carbonyl (C=O) groups excluding carboxylic acids is 1. The molecule has 7 heteroatoms. The molecule has 1 aromatic carbocycles. The summed E-state index contributed by atoms with van der Waals surface area (Å²) in [5, 5.41) is 4.86. The number of nitrogens with two attached hydrogens (primary N) is 1. The van der Waals surface area contributed by atoms with Crippen molar-refractivity contribution in [1.82, 2.24) is 0 Å². The van der Waals surface area contributed by atoms with Gasteiger partial charge in [0.25, 0.3) is 0 Å². The Balaban J connectivity index is 1.69. The maximum atomic E-state index is 14.4. The highest BCUT2D eigenvalue weighted by molar-refractivity contribution is 7.84. The second-order valence-corrected chi connectivity index (χ2v) is 9.04. The lowest BCUT2D eigenvalue weighted by Gasteiger charge is -2.48. The first-order chi connectivity index (χ1) is 11.7. The largest absolute Gasteiger partial charge is 0.380 e. The summed E-state index contributed by atoms with van der Waals surface area (Å²) in [6, 6.07) is 2.88. The fourth-order valence-electron chi connectivity index (χ4n) is 5.53. The molecule has 0 heterocycles. The summed E-state index contributed by atoms with van der Waals surface area (Å²) < 4.78 is 41.1. The zero-order valence-corrected chi connectivity index (χ0v) is 14.9. The summed E-state index contributed by atoms with van der Waals surface area (Å²) in [7, 11) is -4.25. The molecule has 4 atom stereocenters. The minimum absolute atomic E-state index is 0.214. The highest BCUT2D eigenvalue weighted by Gasteiger charge is 2.54. The van der Waals surface area contributed by atoms with Crippen LogP contribution >= 0.6 is 0 Å². The molecule has 1 aromatic rings. The molecule has 2 fully saturated rings. The second-order valence-electron chi connectivity index (χ2n) is 7.89. The summed E-state index contributed by atoms with van der Waals surface area (Å²) in [6.07, 6.45) is 4.97. The van der Waals surface area contributed by atoms with Gasteiger partial charge in [0.15, 0.2) is 11.6 Å². The molecular formula is C18H22FNO4S. The highest BCUT2D eigenvalue weighted by Crippen LogP contribution is 2.59. The molecule has 3 aliphatic rings. The van der Waals surface area contributed by atoms with Crippen LogP contribution in [0.1, 0.15) is 56.1 Å². The van der Waals surface area contributed by atoms with Crippen molar-refractivity contribution >= 4 is 16.1 Å². The van der Waals surface area contributed by atoms with Crippen LogP contribution in [0, 0.1) is 23.1 Å². The second kappa shape index (κ2) is 5.51. The average molecular weight is 367 g/mol. The van der Waals surface area contributed by atoms with Crippen LogP contribution in [-0.4, -0.2) is 14.2 Å². The molecule has 0 spiro atoms. The number of Topliss-reactive ketones (excluding diaryl/α,β-unsaturated/α-hetero) is 1. The molecule has 4 rings (SSSR count). The third-order valence-corrected chi connectivity index (χ3v) is 7.10. The zero-order valence-electron chi connectivity index (χ0n) is 14.1. The molecule has 0 bridgehead atoms. The molecule has 3 aliphatic carbocycles. The lowest BCUT2D eigenvalue weighted by atomic mass is 9.55. The van der Waals surface area contributed by atoms with Gasteiger partial charge in [-0.15, -0.1) is 0 Å². The van der Waals surface area contributed by atoms with Crippen molar-refractivity contribution in [1.29, 1.82) is 0 Å². The van der Waals surface area contributed by atoms with E-state index in [0.717, 1.165) is 43.2 Å². The van der Waals surface area contributed by atoms with Gasteiger partial charge in [0, 0.05) is 11.8 Å². The molecule has 25 heavy (non-hydrogen) atoms. The number of hydrogen-bond acceptors (Lipinski definition) is 4. The van der Waals surface area contributed by atoms with E-state index < -0.39 is 16.1 Å². The summed E-state index contributed by atoms with van der Waals surface area (Å²) in [5.74, 6) is 0.327. The fraction of sp³-hybridized carbons (Fsp3) is 0.611. The first-order valence-electron chi connectivity index (χ1n) is 8.77. The first-order valence-corrected chi connectivity index (χ1v) is 10.2. The van der Waals surface area contributed by atoms with Crippen LogP contribution in [-0.2, 0) is 21.5 Å². The topological polar surface area (TPSA) is 86.5 Å². The highest BCUT2D eigenvalue weighted by atomic mass is 32.2. The van der Waals surface area contributed by atoms with Crippen molar-refractivity contribution in [2.45, 2.75) is 51.4 Å². The molecule has 0 radical (unpaired) electrons. The van der Waals surface area contributed by atoms with Gasteiger partial charge in [0.2, 0.25) is 0 Å². The molecule has 0 aromatic heterocycles. The Morgan fingerprint density at radius 3 is 2.72 bits per heavy atom. The van der Waals surface area contributed by atoms with Crippen molar-refractivity contribution in [3.63, 3.8) is 0 Å². The van der Waals surface area contributed by atoms with Crippen molar-refractivity contribution in [3.05, 3.63) is 29.1 Å². The normalized spacial score (nSPS) is 34.2. The predicted molar refractivity (Wildman–Crippen MR) is 89.8 cm³/mol. The van der Waals surface area contributed by atoms with Gasteiger partial charge in [0.05, 0.1) is 0 Å². The van der Waals surface area contributed by atoms with Crippen LogP contribution in [0.15, 0.2) is 12.1 Å². The molecule has 0 amide bonds. The van der Waals surface area contributed by atoms with E-state index in [0.29, 0.717) is 24.0 Å². The van der Waals surface area contributed by atoms with Crippen LogP contribution in [0.3, 0.4) is 0 Å². The van der Waals surface area contributed by atoms with E-state index in [2.05, 4.69) is 11.1 Å². The maximum absolute atomic E-state index is 14.4. The maximum Gasteiger partial charge on any atom is 0.380 e. The van der Waals surface area contributed by atoms with Crippen LogP contribution < -0.4 is 9.32 Å². The smallest absolute Gasteiger partial charge is 0.368 e. The Morgan fingerprint density at radius 1 is 1.24 bits per heavy atom. The van der Waals surface area contributed by atoms with Gasteiger partial charge < -0.3 is 4.18 Å². The molecule has 2 N–H and O–H groups in total. The average Bonchev–Trinajstić information content (AvgIpc) is 2.82. The van der Waals surface area contributed by atoms with Gasteiger partial charge in [0.1, 0.15) is 5.78 Å². The van der Waals surface area contributed by atoms with E-state index >= 15 is 0 Å². The van der Waals surface area contributed by atoms with Crippen molar-refractivity contribution < 1.29 is 21.8 Å². The van der Waals surface area contributed by atoms with Crippen LogP contribution in [0.5, 0.6) is 5.75 Å². The van der Waals surface area contributed by atoms with E-state index in [-0.39, 0.29) is 17.1 Å². The fourth-order valence-corrected chi connectivity index (χ4v) is 5.91. The van der Waals surface area contributed by atoms with E-state index in [1.807, 2.05) is 0 Å². The quantitative estimate of drug-likeness (QED) is 0.871. The Morgan fingerprint density at radius 2 is 2.00 bits per heavy atom. The molecule has 136 valence electrons. The molecule has 0 aliphatic heterocycles. The molecule has 5 nitrogen and oxygen atoms in total. The number of fused-ring (bicyclic) bond motifs is 5. The van der Waals surface area contributed by atoms with Crippen molar-refractivity contribution in [2.75, 3.05) is 0 Å². The van der Waals surface area contributed by atoms with Crippen LogP contribution in [0.4, 0.5) is 4.39 Å². The summed E-state index contributed by atoms with van der Waals surface area (Å²) in [5.41, 5.74) is 1.65. The Labute approximate surface area is 147 Å². The van der Waals surface area contributed by atoms with Crippen LogP contribution in [0.25, 0.3) is 0 Å². The molecule has 3 unspecified atom stereocenters. The number of ketones is 1. The first kappa shape index (κ1) is 17.0. The van der Waals surface area contributed by atoms with Crippen LogP contribution in [0.2, 0.25) is 0 Å². The monoisotopic (exact) mass is 367 g/mol. The Hall–Kier alpha value is -1.47. The number of aryl methyl sites for hydroxylation is 1. The standard InChI is InChI=1S/C18H22FNO4S/c1-18-7-6-11-12(14(18)4-5-17(18)21)3-2-10-8-16(24-25(20,22)23)15(19)9-13(10)11/h8-9,11-12,14H,2-7H2,1H3,(H2,20,22,23)/t11?,12?,14?,18-/m0/s1. The van der Waals surface area contributed by atoms with Crippen molar-refractivity contribution in [3.8, 4) is 5.75 Å². The molecule has 0 saturated heterocycles. The Bertz CT molecular complexity index is 853. The third kappa shape index (κ3) is 2.68. The van der Waals surface area contributed by atoms with Gasteiger partial charge in [-0.3, -0.25) is 4.79 Å². The van der Waals surface area contributed by atoms with Gasteiger partial charge in [-0.25, -0.2) is 4.39 Å². The summed E-state index contributed by atoms with van der Waals surface area (Å²) >= 11 is 0. The number of halogens is 1. The lowest BCUT2D eigenvalue weighted by Crippen LogP contribution is -2.42. The number of carbonyl (C=O) groups is 1. The van der Waals surface area contributed by atoms with Gasteiger partial charge >= 0.3 is 10.3 Å².